The molecule has 0 saturated carbocycles. The van der Waals surface area contributed by atoms with E-state index in [4.69, 9.17) is 14.2 Å². The molecule has 1 heterocycles. The first kappa shape index (κ1) is 35.0. The van der Waals surface area contributed by atoms with Gasteiger partial charge in [-0.05, 0) is 56.4 Å². The molecule has 1 aliphatic heterocycles. The topological polar surface area (TPSA) is 143 Å². The number of nitrogens with zero attached hydrogens (tertiary/aromatic N) is 1. The highest BCUT2D eigenvalue weighted by Gasteiger charge is 2.35. The van der Waals surface area contributed by atoms with Gasteiger partial charge in [-0.2, -0.15) is 0 Å². The number of hydrogen-bond donors (Lipinski definition) is 3. The zero-order valence-corrected chi connectivity index (χ0v) is 27.2. The van der Waals surface area contributed by atoms with Crippen molar-refractivity contribution in [1.82, 2.24) is 10.2 Å². The fourth-order valence-corrected chi connectivity index (χ4v) is 5.64. The van der Waals surface area contributed by atoms with Gasteiger partial charge in [0.2, 0.25) is 5.91 Å². The van der Waals surface area contributed by atoms with Crippen molar-refractivity contribution in [3.63, 3.8) is 0 Å². The van der Waals surface area contributed by atoms with Crippen LogP contribution in [0.15, 0.2) is 84.9 Å². The molecule has 0 bridgehead atoms. The third kappa shape index (κ3) is 10.3. The van der Waals surface area contributed by atoms with Crippen molar-refractivity contribution in [2.24, 2.45) is 0 Å². The van der Waals surface area contributed by atoms with Gasteiger partial charge >= 0.3 is 18.2 Å². The molecule has 1 aliphatic rings. The van der Waals surface area contributed by atoms with E-state index in [9.17, 15) is 24.3 Å². The molecule has 47 heavy (non-hydrogen) atoms. The molecule has 3 N–H and O–H groups in total. The van der Waals surface area contributed by atoms with Crippen LogP contribution in [0, 0.1) is 0 Å². The molecular formula is C36H43N3O8. The Hall–Kier alpha value is -4.90. The largest absolute Gasteiger partial charge is 0.481 e. The predicted octanol–water partition coefficient (Wildman–Crippen LogP) is 5.59. The van der Waals surface area contributed by atoms with Gasteiger partial charge in [0.15, 0.2) is 0 Å². The molecule has 11 nitrogen and oxygen atoms in total. The Morgan fingerprint density at radius 3 is 2.04 bits per heavy atom. The van der Waals surface area contributed by atoms with Gasteiger partial charge in [-0.15, -0.1) is 0 Å². The molecule has 4 rings (SSSR count). The van der Waals surface area contributed by atoms with Gasteiger partial charge in [-0.1, -0.05) is 78.9 Å². The Morgan fingerprint density at radius 2 is 1.47 bits per heavy atom. The number of aliphatic carboxylic acids is 1. The maximum Gasteiger partial charge on any atom is 0.410 e. The highest BCUT2D eigenvalue weighted by atomic mass is 16.6. The number of benzene rings is 3. The van der Waals surface area contributed by atoms with Crippen molar-refractivity contribution >= 4 is 29.8 Å². The summed E-state index contributed by atoms with van der Waals surface area (Å²) >= 11 is 0. The van der Waals surface area contributed by atoms with Crippen LogP contribution in [0.25, 0.3) is 0 Å². The number of amides is 3. The van der Waals surface area contributed by atoms with Crippen LogP contribution in [0.3, 0.4) is 0 Å². The summed E-state index contributed by atoms with van der Waals surface area (Å²) in [6.45, 7) is 5.67. The number of carbonyl (C=O) groups is 4. The Morgan fingerprint density at radius 1 is 0.894 bits per heavy atom. The molecule has 3 aromatic rings. The molecule has 3 amide bonds. The van der Waals surface area contributed by atoms with Crippen LogP contribution in [0.1, 0.15) is 56.2 Å². The fourth-order valence-electron chi connectivity index (χ4n) is 5.64. The number of para-hydroxylation sites is 1. The van der Waals surface area contributed by atoms with E-state index in [2.05, 4.69) is 10.6 Å². The van der Waals surface area contributed by atoms with Crippen molar-refractivity contribution in [3.05, 3.63) is 102 Å². The lowest BCUT2D eigenvalue weighted by atomic mass is 9.84. The van der Waals surface area contributed by atoms with E-state index in [1.165, 1.54) is 12.0 Å². The number of aryl methyl sites for hydroxylation is 1. The van der Waals surface area contributed by atoms with Crippen LogP contribution >= 0.6 is 0 Å². The maximum atomic E-state index is 14.1. The second-order valence-electron chi connectivity index (χ2n) is 12.5. The second-order valence-corrected chi connectivity index (χ2v) is 12.5. The van der Waals surface area contributed by atoms with Crippen LogP contribution in [0.2, 0.25) is 0 Å². The number of morpholine rings is 1. The standard InChI is InChI=1S/C36H43N3O8/c1-36(2,3)47-35(44)39-22-27(46-28(23-39)21-30(40)41)20-19-24-13-11-12-18-29(24)37-33(42)32(38-34(43)45-4)31(25-14-7-5-8-15-25)26-16-9-6-10-17-26/h5-18,27-28,31-32H,19-23H2,1-4H3,(H,37,42)(H,38,43)(H,40,41)/t27-,28-,32?/m1/s1. The smallest absolute Gasteiger partial charge is 0.410 e. The maximum absolute atomic E-state index is 14.1. The molecule has 3 atom stereocenters. The van der Waals surface area contributed by atoms with E-state index in [0.29, 0.717) is 18.5 Å². The molecule has 1 unspecified atom stereocenters. The fraction of sp³-hybridized carbons (Fsp3) is 0.389. The normalized spacial score (nSPS) is 17.0. The summed E-state index contributed by atoms with van der Waals surface area (Å²) in [5, 5.41) is 15.2. The van der Waals surface area contributed by atoms with Crippen LogP contribution < -0.4 is 10.6 Å². The van der Waals surface area contributed by atoms with E-state index < -0.39 is 53.8 Å². The molecule has 0 spiro atoms. The van der Waals surface area contributed by atoms with Crippen LogP contribution in [-0.2, 0) is 30.2 Å². The number of ether oxygens (including phenoxy) is 3. The van der Waals surface area contributed by atoms with E-state index in [0.717, 1.165) is 16.7 Å². The Balaban J connectivity index is 1.55. The van der Waals surface area contributed by atoms with Gasteiger partial charge in [0.05, 0.1) is 38.8 Å². The SMILES string of the molecule is COC(=O)NC(C(=O)Nc1ccccc1CC[C@@H]1CN(C(=O)OC(C)(C)C)C[C@@H](CC(=O)O)O1)C(c1ccccc1)c1ccccc1. The third-order valence-electron chi connectivity index (χ3n) is 7.69. The highest BCUT2D eigenvalue weighted by Crippen LogP contribution is 2.30. The lowest BCUT2D eigenvalue weighted by molar-refractivity contribution is -0.146. The number of rotatable bonds is 11. The zero-order chi connectivity index (χ0) is 34.0. The quantitative estimate of drug-likeness (QED) is 0.245. The van der Waals surface area contributed by atoms with Crippen molar-refractivity contribution in [3.8, 4) is 0 Å². The van der Waals surface area contributed by atoms with Crippen LogP contribution in [-0.4, -0.2) is 78.1 Å². The van der Waals surface area contributed by atoms with Gasteiger partial charge in [-0.25, -0.2) is 9.59 Å². The third-order valence-corrected chi connectivity index (χ3v) is 7.69. The molecule has 250 valence electrons. The minimum absolute atomic E-state index is 0.114. The van der Waals surface area contributed by atoms with Gasteiger partial charge < -0.3 is 34.9 Å². The monoisotopic (exact) mass is 645 g/mol. The van der Waals surface area contributed by atoms with E-state index in [1.54, 1.807) is 32.9 Å². The van der Waals surface area contributed by atoms with Crippen LogP contribution in [0.4, 0.5) is 15.3 Å². The lowest BCUT2D eigenvalue weighted by Gasteiger charge is -2.38. The number of methoxy groups -OCH3 is 1. The summed E-state index contributed by atoms with van der Waals surface area (Å²) in [6, 6.07) is 25.2. The zero-order valence-electron chi connectivity index (χ0n) is 27.2. The van der Waals surface area contributed by atoms with Gasteiger partial charge in [-0.3, -0.25) is 9.59 Å². The van der Waals surface area contributed by atoms with E-state index in [1.807, 2.05) is 72.8 Å². The molecule has 11 heteroatoms. The average molecular weight is 646 g/mol. The number of hydrogen-bond acceptors (Lipinski definition) is 7. The Bertz CT molecular complexity index is 1470. The van der Waals surface area contributed by atoms with Gasteiger partial charge in [0.1, 0.15) is 11.6 Å². The summed E-state index contributed by atoms with van der Waals surface area (Å²) in [5.41, 5.74) is 2.33. The minimum Gasteiger partial charge on any atom is -0.481 e. The molecule has 0 aromatic heterocycles. The number of nitrogens with one attached hydrogen (secondary N) is 2. The number of alkyl carbamates (subject to hydrolysis) is 1. The van der Waals surface area contributed by atoms with Crippen molar-refractivity contribution in [1.29, 1.82) is 0 Å². The lowest BCUT2D eigenvalue weighted by Crippen LogP contribution is -2.52. The summed E-state index contributed by atoms with van der Waals surface area (Å²) in [7, 11) is 1.25. The number of carboxylic acids is 1. The molecular weight excluding hydrogens is 602 g/mol. The van der Waals surface area contributed by atoms with Gasteiger partial charge in [0, 0.05) is 11.6 Å². The molecule has 1 fully saturated rings. The highest BCUT2D eigenvalue weighted by molar-refractivity contribution is 5.98. The Kier molecular flexibility index (Phi) is 12.0. The van der Waals surface area contributed by atoms with Gasteiger partial charge in [0.25, 0.3) is 0 Å². The first-order valence-electron chi connectivity index (χ1n) is 15.6. The molecule has 3 aromatic carbocycles. The number of carboxylic acid groups (broad SMARTS) is 1. The minimum atomic E-state index is -1.03. The summed E-state index contributed by atoms with van der Waals surface area (Å²) in [4.78, 5) is 52.5. The summed E-state index contributed by atoms with van der Waals surface area (Å²) < 4.78 is 16.5. The van der Waals surface area contributed by atoms with E-state index in [-0.39, 0.29) is 19.5 Å². The number of carbonyl (C=O) groups excluding carboxylic acids is 3. The number of anilines is 1. The predicted molar refractivity (Wildman–Crippen MR) is 176 cm³/mol. The van der Waals surface area contributed by atoms with Crippen molar-refractivity contribution in [2.75, 3.05) is 25.5 Å². The Labute approximate surface area is 275 Å². The molecule has 0 aliphatic carbocycles. The first-order chi connectivity index (χ1) is 22.4. The second kappa shape index (κ2) is 16.1. The van der Waals surface area contributed by atoms with Crippen LogP contribution in [0.5, 0.6) is 0 Å². The molecule has 1 saturated heterocycles. The van der Waals surface area contributed by atoms with Crippen molar-refractivity contribution in [2.45, 2.75) is 69.8 Å². The first-order valence-corrected chi connectivity index (χ1v) is 15.6. The van der Waals surface area contributed by atoms with E-state index >= 15 is 0 Å². The summed E-state index contributed by atoms with van der Waals surface area (Å²) in [6.07, 6.45) is -1.76. The van der Waals surface area contributed by atoms with Crippen molar-refractivity contribution < 1.29 is 38.5 Å². The average Bonchev–Trinajstić information content (AvgIpc) is 3.03. The summed E-state index contributed by atoms with van der Waals surface area (Å²) in [5.74, 6) is -1.98. The molecule has 0 radical (unpaired) electrons.